The molecule has 0 saturated carbocycles. The maximum atomic E-state index is 6.51. The zero-order chi connectivity index (χ0) is 20.3. The normalized spacial score (nSPS) is 15.5. The molecule has 1 saturated heterocycles. The van der Waals surface area contributed by atoms with E-state index in [1.165, 1.54) is 0 Å². The lowest BCUT2D eigenvalue weighted by atomic mass is 10.1. The monoisotopic (exact) mass is 394 g/mol. The molecule has 28 heavy (non-hydrogen) atoms. The molecule has 0 spiro atoms. The highest BCUT2D eigenvalue weighted by atomic mass is 35.5. The van der Waals surface area contributed by atoms with Gasteiger partial charge in [0.05, 0.1) is 21.9 Å². The van der Waals surface area contributed by atoms with Crippen molar-refractivity contribution in [2.75, 3.05) is 26.2 Å². The minimum Gasteiger partial charge on any atom is -0.372 e. The molecule has 0 amide bonds. The Labute approximate surface area is 172 Å². The van der Waals surface area contributed by atoms with Gasteiger partial charge in [-0.15, -0.1) is 0 Å². The van der Waals surface area contributed by atoms with Gasteiger partial charge in [-0.3, -0.25) is 4.99 Å². The highest BCUT2D eigenvalue weighted by molar-refractivity contribution is 6.35. The summed E-state index contributed by atoms with van der Waals surface area (Å²) < 4.78 is 0. The number of halogens is 1. The molecule has 1 fully saturated rings. The molecule has 1 aliphatic rings. The topological polar surface area (TPSA) is 31.7 Å². The van der Waals surface area contributed by atoms with Crippen molar-refractivity contribution in [2.45, 2.75) is 20.8 Å². The molecule has 1 aromatic heterocycles. The molecule has 0 bridgehead atoms. The van der Waals surface area contributed by atoms with Gasteiger partial charge in [-0.2, -0.15) is 0 Å². The van der Waals surface area contributed by atoms with Gasteiger partial charge in [-0.05, 0) is 38.5 Å². The van der Waals surface area contributed by atoms with Crippen LogP contribution in [-0.4, -0.2) is 46.7 Å². The first-order valence-corrected chi connectivity index (χ1v) is 9.89. The van der Waals surface area contributed by atoms with Crippen LogP contribution < -0.4 is 0 Å². The van der Waals surface area contributed by atoms with Crippen LogP contribution in [0.4, 0.5) is 0 Å². The Morgan fingerprint density at radius 3 is 2.43 bits per heavy atom. The van der Waals surface area contributed by atoms with Gasteiger partial charge in [-0.25, -0.2) is 4.98 Å². The number of benzene rings is 1. The van der Waals surface area contributed by atoms with Gasteiger partial charge in [0.1, 0.15) is 0 Å². The number of allylic oxidation sites excluding steroid dienone is 2. The average Bonchev–Trinajstić information content (AvgIpc) is 2.71. The Balaban J connectivity index is 1.88. The average molecular weight is 395 g/mol. The standard InChI is InChI=1S/C23H27ClN4/c1-6-9-25-17(4)22-15-21(24)20-8-7-19(14-23(20)26-22)18(5)28-12-10-27(11-13-28)16(2)3/h6-9,14-15H,2,5,10-13H2,1,3-4H3/b9-6-,25-17?. The summed E-state index contributed by atoms with van der Waals surface area (Å²) in [4.78, 5) is 13.8. The molecule has 2 heterocycles. The van der Waals surface area contributed by atoms with Crippen LogP contribution in [0.1, 0.15) is 32.0 Å². The first-order valence-electron chi connectivity index (χ1n) is 9.51. The van der Waals surface area contributed by atoms with Gasteiger partial charge in [0.15, 0.2) is 0 Å². The van der Waals surface area contributed by atoms with Crippen LogP contribution in [-0.2, 0) is 0 Å². The first kappa shape index (κ1) is 20.2. The number of aliphatic imine (C=N–C) groups is 1. The van der Waals surface area contributed by atoms with Crippen molar-refractivity contribution < 1.29 is 0 Å². The molecule has 0 atom stereocenters. The summed E-state index contributed by atoms with van der Waals surface area (Å²) >= 11 is 6.51. The predicted molar refractivity (Wildman–Crippen MR) is 121 cm³/mol. The Bertz CT molecular complexity index is 966. The van der Waals surface area contributed by atoms with E-state index in [0.29, 0.717) is 5.02 Å². The summed E-state index contributed by atoms with van der Waals surface area (Å²) in [5.41, 5.74) is 5.69. The van der Waals surface area contributed by atoms with Crippen LogP contribution in [0, 0.1) is 0 Å². The molecule has 146 valence electrons. The van der Waals surface area contributed by atoms with Crippen molar-refractivity contribution in [3.8, 4) is 0 Å². The molecule has 2 aromatic rings. The molecular weight excluding hydrogens is 368 g/mol. The Kier molecular flexibility index (Phi) is 6.20. The van der Waals surface area contributed by atoms with Crippen LogP contribution in [0.3, 0.4) is 0 Å². The second-order valence-electron chi connectivity index (χ2n) is 7.07. The number of aromatic nitrogens is 1. The SMILES string of the molecule is C=C(C)N1CCN(C(=C)c2ccc3c(Cl)cc(C(C)=N/C=C\C)nc3c2)CC1. The molecule has 4 nitrogen and oxygen atoms in total. The van der Waals surface area contributed by atoms with E-state index < -0.39 is 0 Å². The van der Waals surface area contributed by atoms with Crippen molar-refractivity contribution in [1.82, 2.24) is 14.8 Å². The van der Waals surface area contributed by atoms with E-state index in [2.05, 4.69) is 47.0 Å². The molecule has 0 radical (unpaired) electrons. The second-order valence-corrected chi connectivity index (χ2v) is 7.48. The number of pyridine rings is 1. The van der Waals surface area contributed by atoms with Gasteiger partial charge in [0.2, 0.25) is 0 Å². The minimum atomic E-state index is 0.683. The molecule has 1 aliphatic heterocycles. The van der Waals surface area contributed by atoms with E-state index in [4.69, 9.17) is 16.6 Å². The molecule has 5 heteroatoms. The van der Waals surface area contributed by atoms with Crippen molar-refractivity contribution >= 4 is 33.9 Å². The molecule has 0 unspecified atom stereocenters. The largest absolute Gasteiger partial charge is 0.372 e. The second kappa shape index (κ2) is 8.61. The highest BCUT2D eigenvalue weighted by Gasteiger charge is 2.18. The third-order valence-electron chi connectivity index (χ3n) is 5.08. The number of hydrogen-bond donors (Lipinski definition) is 0. The molecule has 0 aliphatic carbocycles. The van der Waals surface area contributed by atoms with Crippen molar-refractivity contribution in [3.05, 3.63) is 71.7 Å². The van der Waals surface area contributed by atoms with Crippen molar-refractivity contribution in [3.63, 3.8) is 0 Å². The van der Waals surface area contributed by atoms with Crippen molar-refractivity contribution in [2.24, 2.45) is 4.99 Å². The Morgan fingerprint density at radius 2 is 1.79 bits per heavy atom. The van der Waals surface area contributed by atoms with E-state index >= 15 is 0 Å². The van der Waals surface area contributed by atoms with Gasteiger partial charge >= 0.3 is 0 Å². The summed E-state index contributed by atoms with van der Waals surface area (Å²) in [6.07, 6.45) is 3.65. The fourth-order valence-corrected chi connectivity index (χ4v) is 3.61. The fraction of sp³-hybridized carbons (Fsp3) is 0.304. The van der Waals surface area contributed by atoms with Crippen LogP contribution in [0.5, 0.6) is 0 Å². The number of piperazine rings is 1. The lowest BCUT2D eigenvalue weighted by Crippen LogP contribution is -2.44. The van der Waals surface area contributed by atoms with E-state index in [1.54, 1.807) is 6.20 Å². The summed E-state index contributed by atoms with van der Waals surface area (Å²) in [5, 5.41) is 1.62. The van der Waals surface area contributed by atoms with Gasteiger partial charge in [0.25, 0.3) is 0 Å². The smallest absolute Gasteiger partial charge is 0.0864 e. The van der Waals surface area contributed by atoms with E-state index in [1.807, 2.05) is 32.1 Å². The summed E-state index contributed by atoms with van der Waals surface area (Å²) in [6.45, 7) is 18.1. The van der Waals surface area contributed by atoms with Crippen LogP contribution in [0.2, 0.25) is 5.02 Å². The van der Waals surface area contributed by atoms with Crippen LogP contribution >= 0.6 is 11.6 Å². The lowest BCUT2D eigenvalue weighted by molar-refractivity contribution is 0.215. The van der Waals surface area contributed by atoms with Gasteiger partial charge < -0.3 is 9.80 Å². The molecule has 3 rings (SSSR count). The van der Waals surface area contributed by atoms with E-state index in [9.17, 15) is 0 Å². The number of hydrogen-bond acceptors (Lipinski definition) is 4. The zero-order valence-corrected chi connectivity index (χ0v) is 17.6. The fourth-order valence-electron chi connectivity index (χ4n) is 3.34. The third-order valence-corrected chi connectivity index (χ3v) is 5.39. The van der Waals surface area contributed by atoms with Crippen LogP contribution in [0.15, 0.2) is 60.4 Å². The van der Waals surface area contributed by atoms with Gasteiger partial charge in [0, 0.05) is 49.2 Å². The van der Waals surface area contributed by atoms with Crippen LogP contribution in [0.25, 0.3) is 16.6 Å². The summed E-state index contributed by atoms with van der Waals surface area (Å²) in [6, 6.07) is 8.04. The molecule has 0 N–H and O–H groups in total. The third kappa shape index (κ3) is 4.28. The Morgan fingerprint density at radius 1 is 1.11 bits per heavy atom. The molecule has 1 aromatic carbocycles. The number of rotatable bonds is 5. The molecular formula is C23H27ClN4. The zero-order valence-electron chi connectivity index (χ0n) is 16.9. The number of fused-ring (bicyclic) bond motifs is 1. The van der Waals surface area contributed by atoms with Crippen molar-refractivity contribution in [1.29, 1.82) is 0 Å². The minimum absolute atomic E-state index is 0.683. The van der Waals surface area contributed by atoms with E-state index in [-0.39, 0.29) is 0 Å². The maximum Gasteiger partial charge on any atom is 0.0864 e. The van der Waals surface area contributed by atoms with E-state index in [0.717, 1.165) is 65.4 Å². The Hall–Kier alpha value is -2.59. The number of nitrogens with zero attached hydrogens (tertiary/aromatic N) is 4. The lowest BCUT2D eigenvalue weighted by Gasteiger charge is -2.38. The highest BCUT2D eigenvalue weighted by Crippen LogP contribution is 2.28. The van der Waals surface area contributed by atoms with Gasteiger partial charge in [-0.1, -0.05) is 43.0 Å². The summed E-state index contributed by atoms with van der Waals surface area (Å²) in [7, 11) is 0. The quantitative estimate of drug-likeness (QED) is 0.640. The predicted octanol–water partition coefficient (Wildman–Crippen LogP) is 5.35. The summed E-state index contributed by atoms with van der Waals surface area (Å²) in [5.74, 6) is 0. The maximum absolute atomic E-state index is 6.51. The first-order chi connectivity index (χ1) is 13.4.